The number of hydrogen-bond donors (Lipinski definition) is 2. The summed E-state index contributed by atoms with van der Waals surface area (Å²) in [6.07, 6.45) is 0.175. The summed E-state index contributed by atoms with van der Waals surface area (Å²) in [6.45, 7) is 5.30. The molecule has 2 rings (SSSR count). The number of amides is 1. The van der Waals surface area contributed by atoms with E-state index < -0.39 is 17.7 Å². The molecule has 1 aromatic heterocycles. The summed E-state index contributed by atoms with van der Waals surface area (Å²) in [5.41, 5.74) is 0.384. The van der Waals surface area contributed by atoms with E-state index in [0.717, 1.165) is 10.0 Å². The molecular formula is C17H22BrN3O4. The normalized spacial score (nSPS) is 12.7. The SMILES string of the molecule is CC(C)(C)OC(=O)N[C@@H](Cc1ccc(Br)cc1)c1nnc(CCO)o1. The molecule has 1 aromatic carbocycles. The van der Waals surface area contributed by atoms with Crippen molar-refractivity contribution in [3.8, 4) is 0 Å². The van der Waals surface area contributed by atoms with Crippen LogP contribution < -0.4 is 5.32 Å². The number of nitrogens with zero attached hydrogens (tertiary/aromatic N) is 2. The van der Waals surface area contributed by atoms with Gasteiger partial charge in [0.05, 0.1) is 6.61 Å². The van der Waals surface area contributed by atoms with E-state index in [1.807, 2.05) is 24.3 Å². The third-order valence-corrected chi connectivity index (χ3v) is 3.68. The highest BCUT2D eigenvalue weighted by atomic mass is 79.9. The number of nitrogens with one attached hydrogen (secondary N) is 1. The van der Waals surface area contributed by atoms with Gasteiger partial charge in [-0.05, 0) is 38.5 Å². The van der Waals surface area contributed by atoms with Crippen LogP contribution in [0.1, 0.15) is 44.2 Å². The van der Waals surface area contributed by atoms with Crippen LogP contribution >= 0.6 is 15.9 Å². The highest BCUT2D eigenvalue weighted by molar-refractivity contribution is 9.10. The zero-order chi connectivity index (χ0) is 18.4. The van der Waals surface area contributed by atoms with Crippen LogP contribution in [0.3, 0.4) is 0 Å². The van der Waals surface area contributed by atoms with E-state index in [1.54, 1.807) is 20.8 Å². The summed E-state index contributed by atoms with van der Waals surface area (Å²) < 4.78 is 11.8. The van der Waals surface area contributed by atoms with Crippen molar-refractivity contribution in [1.29, 1.82) is 0 Å². The van der Waals surface area contributed by atoms with Crippen molar-refractivity contribution >= 4 is 22.0 Å². The van der Waals surface area contributed by atoms with Gasteiger partial charge in [-0.1, -0.05) is 28.1 Å². The fourth-order valence-corrected chi connectivity index (χ4v) is 2.37. The molecule has 25 heavy (non-hydrogen) atoms. The number of halogens is 1. The topological polar surface area (TPSA) is 97.5 Å². The zero-order valence-electron chi connectivity index (χ0n) is 14.5. The first-order valence-corrected chi connectivity index (χ1v) is 8.73. The van der Waals surface area contributed by atoms with Crippen molar-refractivity contribution in [2.45, 2.75) is 45.3 Å². The smallest absolute Gasteiger partial charge is 0.408 e. The molecule has 136 valence electrons. The van der Waals surface area contributed by atoms with Crippen LogP contribution in [0.2, 0.25) is 0 Å². The first-order chi connectivity index (χ1) is 11.8. The van der Waals surface area contributed by atoms with Crippen molar-refractivity contribution in [3.05, 3.63) is 46.1 Å². The molecule has 7 nitrogen and oxygen atoms in total. The van der Waals surface area contributed by atoms with Crippen molar-refractivity contribution in [2.75, 3.05) is 6.61 Å². The Hall–Kier alpha value is -1.93. The highest BCUT2D eigenvalue weighted by Gasteiger charge is 2.24. The molecule has 0 aliphatic rings. The molecule has 2 aromatic rings. The van der Waals surface area contributed by atoms with Gasteiger partial charge >= 0.3 is 6.09 Å². The average molecular weight is 412 g/mol. The molecule has 1 heterocycles. The number of hydrogen-bond acceptors (Lipinski definition) is 6. The number of aliphatic hydroxyl groups is 1. The van der Waals surface area contributed by atoms with Crippen LogP contribution in [0.5, 0.6) is 0 Å². The number of aliphatic hydroxyl groups excluding tert-OH is 1. The van der Waals surface area contributed by atoms with Gasteiger partial charge in [0, 0.05) is 17.3 Å². The van der Waals surface area contributed by atoms with Crippen molar-refractivity contribution in [2.24, 2.45) is 0 Å². The molecule has 0 radical (unpaired) electrons. The van der Waals surface area contributed by atoms with Crippen LogP contribution in [0.4, 0.5) is 4.79 Å². The third-order valence-electron chi connectivity index (χ3n) is 3.15. The van der Waals surface area contributed by atoms with Crippen LogP contribution in [-0.2, 0) is 17.6 Å². The number of carbonyl (C=O) groups excluding carboxylic acids is 1. The third kappa shape index (κ3) is 6.47. The molecule has 0 aliphatic heterocycles. The number of rotatable bonds is 6. The molecular weight excluding hydrogens is 390 g/mol. The maximum absolute atomic E-state index is 12.1. The Balaban J connectivity index is 2.17. The van der Waals surface area contributed by atoms with Crippen LogP contribution in [0.15, 0.2) is 33.2 Å². The Kier molecular flexibility index (Phi) is 6.55. The second kappa shape index (κ2) is 8.44. The van der Waals surface area contributed by atoms with Gasteiger partial charge < -0.3 is 19.6 Å². The molecule has 8 heteroatoms. The van der Waals surface area contributed by atoms with Crippen LogP contribution in [-0.4, -0.2) is 33.6 Å². The Bertz CT molecular complexity index is 695. The summed E-state index contributed by atoms with van der Waals surface area (Å²) >= 11 is 3.40. The summed E-state index contributed by atoms with van der Waals surface area (Å²) in [7, 11) is 0. The molecule has 0 bridgehead atoms. The number of carbonyl (C=O) groups is 1. The van der Waals surface area contributed by atoms with Crippen molar-refractivity contribution < 1.29 is 19.1 Å². The van der Waals surface area contributed by atoms with Crippen LogP contribution in [0.25, 0.3) is 0 Å². The van der Waals surface area contributed by atoms with Gasteiger partial charge in [-0.2, -0.15) is 0 Å². The number of aromatic nitrogens is 2. The summed E-state index contributed by atoms with van der Waals surface area (Å²) in [5.74, 6) is 0.599. The second-order valence-corrected chi connectivity index (χ2v) is 7.45. The standard InChI is InChI=1S/C17H22BrN3O4/c1-17(2,3)25-16(23)19-13(10-11-4-6-12(18)7-5-11)15-21-20-14(24-15)8-9-22/h4-7,13,22H,8-10H2,1-3H3,(H,19,23)/t13-/m0/s1. The van der Waals surface area contributed by atoms with E-state index in [2.05, 4.69) is 31.4 Å². The fourth-order valence-electron chi connectivity index (χ4n) is 2.11. The Morgan fingerprint density at radius 3 is 2.60 bits per heavy atom. The fraction of sp³-hybridized carbons (Fsp3) is 0.471. The van der Waals surface area contributed by atoms with E-state index in [9.17, 15) is 4.79 Å². The van der Waals surface area contributed by atoms with E-state index in [0.29, 0.717) is 12.3 Å². The van der Waals surface area contributed by atoms with E-state index in [-0.39, 0.29) is 18.9 Å². The van der Waals surface area contributed by atoms with Gasteiger partial charge in [-0.3, -0.25) is 0 Å². The largest absolute Gasteiger partial charge is 0.444 e. The van der Waals surface area contributed by atoms with Gasteiger partial charge in [-0.25, -0.2) is 4.79 Å². The summed E-state index contributed by atoms with van der Waals surface area (Å²) in [5, 5.41) is 19.6. The van der Waals surface area contributed by atoms with E-state index in [4.69, 9.17) is 14.3 Å². The Morgan fingerprint density at radius 2 is 2.00 bits per heavy atom. The molecule has 0 spiro atoms. The van der Waals surface area contributed by atoms with Gasteiger partial charge in [0.1, 0.15) is 11.6 Å². The minimum atomic E-state index is -0.608. The predicted octanol–water partition coefficient (Wildman–Crippen LogP) is 3.18. The predicted molar refractivity (Wildman–Crippen MR) is 95.0 cm³/mol. The lowest BCUT2D eigenvalue weighted by Crippen LogP contribution is -2.36. The molecule has 1 amide bonds. The minimum absolute atomic E-state index is 0.0848. The average Bonchev–Trinajstić information content (AvgIpc) is 2.96. The summed E-state index contributed by atoms with van der Waals surface area (Å²) in [6, 6.07) is 7.20. The molecule has 0 saturated carbocycles. The van der Waals surface area contributed by atoms with Gasteiger partial charge in [0.2, 0.25) is 11.8 Å². The first-order valence-electron chi connectivity index (χ1n) is 7.94. The maximum atomic E-state index is 12.1. The zero-order valence-corrected chi connectivity index (χ0v) is 16.0. The molecule has 0 unspecified atom stereocenters. The maximum Gasteiger partial charge on any atom is 0.408 e. The van der Waals surface area contributed by atoms with E-state index >= 15 is 0 Å². The van der Waals surface area contributed by atoms with Gasteiger partial charge in [0.15, 0.2) is 0 Å². The Labute approximate surface area is 154 Å². The molecule has 0 aliphatic carbocycles. The lowest BCUT2D eigenvalue weighted by Gasteiger charge is -2.22. The molecule has 2 N–H and O–H groups in total. The molecule has 0 saturated heterocycles. The quantitative estimate of drug-likeness (QED) is 0.757. The second-order valence-electron chi connectivity index (χ2n) is 6.54. The minimum Gasteiger partial charge on any atom is -0.444 e. The number of ether oxygens (including phenoxy) is 1. The molecule has 0 fully saturated rings. The molecule has 1 atom stereocenters. The monoisotopic (exact) mass is 411 g/mol. The highest BCUT2D eigenvalue weighted by Crippen LogP contribution is 2.20. The lowest BCUT2D eigenvalue weighted by molar-refractivity contribution is 0.0495. The van der Waals surface area contributed by atoms with Crippen LogP contribution in [0, 0.1) is 0 Å². The first kappa shape index (κ1) is 19.4. The number of benzene rings is 1. The lowest BCUT2D eigenvalue weighted by atomic mass is 10.1. The van der Waals surface area contributed by atoms with Gasteiger partial charge in [-0.15, -0.1) is 10.2 Å². The van der Waals surface area contributed by atoms with E-state index in [1.165, 1.54) is 0 Å². The number of alkyl carbamates (subject to hydrolysis) is 1. The van der Waals surface area contributed by atoms with Gasteiger partial charge in [0.25, 0.3) is 0 Å². The van der Waals surface area contributed by atoms with Crippen molar-refractivity contribution in [3.63, 3.8) is 0 Å². The Morgan fingerprint density at radius 1 is 1.32 bits per heavy atom. The summed E-state index contributed by atoms with van der Waals surface area (Å²) in [4.78, 5) is 12.1. The van der Waals surface area contributed by atoms with Crippen molar-refractivity contribution in [1.82, 2.24) is 15.5 Å².